The van der Waals surface area contributed by atoms with Crippen molar-refractivity contribution in [3.05, 3.63) is 24.5 Å². The van der Waals surface area contributed by atoms with Gasteiger partial charge in [-0.1, -0.05) is 0 Å². The van der Waals surface area contributed by atoms with Crippen molar-refractivity contribution in [2.75, 3.05) is 24.5 Å². The number of fused-ring (bicyclic) bond motifs is 1. The smallest absolute Gasteiger partial charge is 0.232 e. The van der Waals surface area contributed by atoms with E-state index in [0.29, 0.717) is 25.4 Å². The lowest BCUT2D eigenvalue weighted by atomic mass is 10.0. The highest BCUT2D eigenvalue weighted by molar-refractivity contribution is 5.98. The zero-order chi connectivity index (χ0) is 14.4. The molecule has 0 aromatic carbocycles. The van der Waals surface area contributed by atoms with Gasteiger partial charge in [-0.2, -0.15) is 0 Å². The molecule has 4 rings (SSSR count). The fourth-order valence-corrected chi connectivity index (χ4v) is 3.51. The maximum atomic E-state index is 12.6. The molecule has 21 heavy (non-hydrogen) atoms. The number of likely N-dealkylation sites (tertiary alicyclic amines) is 1. The number of hydrogen-bond acceptors (Lipinski definition) is 3. The SMILES string of the molecule is O=C(CC1CC1)N1C[C@@H]2CN(c3cccnc3)C(=O)[C@@H]2C1. The Kier molecular flexibility index (Phi) is 2.94. The Bertz CT molecular complexity index is 570. The first-order chi connectivity index (χ1) is 10.2. The van der Waals surface area contributed by atoms with Crippen LogP contribution in [-0.4, -0.2) is 41.3 Å². The number of hydrogen-bond donors (Lipinski definition) is 0. The molecule has 2 amide bonds. The predicted octanol–water partition coefficient (Wildman–Crippen LogP) is 1.30. The first-order valence-electron chi connectivity index (χ1n) is 7.71. The van der Waals surface area contributed by atoms with Gasteiger partial charge in [-0.15, -0.1) is 0 Å². The fourth-order valence-electron chi connectivity index (χ4n) is 3.51. The van der Waals surface area contributed by atoms with Crippen LogP contribution in [0.25, 0.3) is 0 Å². The van der Waals surface area contributed by atoms with Gasteiger partial charge in [0, 0.05) is 38.2 Å². The van der Waals surface area contributed by atoms with Crippen molar-refractivity contribution in [3.63, 3.8) is 0 Å². The van der Waals surface area contributed by atoms with Gasteiger partial charge in [0.25, 0.3) is 0 Å². The molecule has 1 aromatic heterocycles. The Morgan fingerprint density at radius 2 is 2.14 bits per heavy atom. The number of aromatic nitrogens is 1. The van der Waals surface area contributed by atoms with E-state index < -0.39 is 0 Å². The van der Waals surface area contributed by atoms with Gasteiger partial charge in [0.15, 0.2) is 0 Å². The van der Waals surface area contributed by atoms with E-state index >= 15 is 0 Å². The first kappa shape index (κ1) is 12.8. The Hall–Kier alpha value is -1.91. The third-order valence-electron chi connectivity index (χ3n) is 4.91. The number of amides is 2. The third-order valence-corrected chi connectivity index (χ3v) is 4.91. The molecule has 110 valence electrons. The van der Waals surface area contributed by atoms with Crippen LogP contribution in [0, 0.1) is 17.8 Å². The molecule has 0 spiro atoms. The van der Waals surface area contributed by atoms with Crippen molar-refractivity contribution in [1.82, 2.24) is 9.88 Å². The van der Waals surface area contributed by atoms with E-state index in [9.17, 15) is 9.59 Å². The van der Waals surface area contributed by atoms with E-state index in [1.165, 1.54) is 12.8 Å². The fraction of sp³-hybridized carbons (Fsp3) is 0.562. The minimum absolute atomic E-state index is 0.0200. The van der Waals surface area contributed by atoms with Gasteiger partial charge in [-0.25, -0.2) is 0 Å². The van der Waals surface area contributed by atoms with Crippen LogP contribution in [0.3, 0.4) is 0 Å². The second-order valence-corrected chi connectivity index (χ2v) is 6.47. The summed E-state index contributed by atoms with van der Waals surface area (Å²) in [4.78, 5) is 32.5. The standard InChI is InChI=1S/C16H19N3O2/c20-15(6-11-3-4-11)18-8-12-9-19(16(21)14(12)10-18)13-2-1-5-17-7-13/h1-2,5,7,11-12,14H,3-4,6,8-10H2/t12-,14-/m1/s1. The molecule has 1 saturated carbocycles. The summed E-state index contributed by atoms with van der Waals surface area (Å²) in [5, 5.41) is 0. The van der Waals surface area contributed by atoms with Gasteiger partial charge in [0.1, 0.15) is 0 Å². The Morgan fingerprint density at radius 1 is 1.29 bits per heavy atom. The molecule has 0 bridgehead atoms. The van der Waals surface area contributed by atoms with Gasteiger partial charge in [0.05, 0.1) is 17.8 Å². The lowest BCUT2D eigenvalue weighted by Gasteiger charge is -2.21. The Labute approximate surface area is 123 Å². The van der Waals surface area contributed by atoms with Gasteiger partial charge in [-0.3, -0.25) is 14.6 Å². The van der Waals surface area contributed by atoms with E-state index in [1.807, 2.05) is 21.9 Å². The molecule has 5 nitrogen and oxygen atoms in total. The van der Waals surface area contributed by atoms with E-state index in [4.69, 9.17) is 0 Å². The lowest BCUT2D eigenvalue weighted by molar-refractivity contribution is -0.131. The minimum Gasteiger partial charge on any atom is -0.342 e. The number of anilines is 1. The van der Waals surface area contributed by atoms with Crippen LogP contribution in [0.15, 0.2) is 24.5 Å². The molecule has 0 radical (unpaired) electrons. The molecule has 3 aliphatic rings. The van der Waals surface area contributed by atoms with Gasteiger partial charge in [-0.05, 0) is 30.9 Å². The Morgan fingerprint density at radius 3 is 2.81 bits per heavy atom. The zero-order valence-corrected chi connectivity index (χ0v) is 11.9. The minimum atomic E-state index is -0.0200. The molecule has 0 N–H and O–H groups in total. The third kappa shape index (κ3) is 2.30. The molecule has 2 saturated heterocycles. The van der Waals surface area contributed by atoms with Crippen LogP contribution in [-0.2, 0) is 9.59 Å². The van der Waals surface area contributed by atoms with Crippen LogP contribution in [0.4, 0.5) is 5.69 Å². The lowest BCUT2D eigenvalue weighted by Crippen LogP contribution is -2.35. The molecule has 1 aliphatic carbocycles. The summed E-state index contributed by atoms with van der Waals surface area (Å²) in [5.41, 5.74) is 0.868. The van der Waals surface area contributed by atoms with Crippen molar-refractivity contribution in [2.24, 2.45) is 17.8 Å². The maximum absolute atomic E-state index is 12.6. The van der Waals surface area contributed by atoms with Crippen LogP contribution in [0.1, 0.15) is 19.3 Å². The largest absolute Gasteiger partial charge is 0.342 e. The maximum Gasteiger partial charge on any atom is 0.232 e. The van der Waals surface area contributed by atoms with Gasteiger partial charge < -0.3 is 9.80 Å². The molecule has 3 heterocycles. The number of carbonyl (C=O) groups excluding carboxylic acids is 2. The molecular formula is C16H19N3O2. The average molecular weight is 285 g/mol. The quantitative estimate of drug-likeness (QED) is 0.841. The summed E-state index contributed by atoms with van der Waals surface area (Å²) in [6.07, 6.45) is 6.51. The van der Waals surface area contributed by atoms with Crippen LogP contribution in [0.5, 0.6) is 0 Å². The number of nitrogens with zero attached hydrogens (tertiary/aromatic N) is 3. The first-order valence-corrected chi connectivity index (χ1v) is 7.71. The zero-order valence-electron chi connectivity index (χ0n) is 11.9. The van der Waals surface area contributed by atoms with Crippen LogP contribution >= 0.6 is 0 Å². The molecule has 2 aliphatic heterocycles. The second-order valence-electron chi connectivity index (χ2n) is 6.47. The normalized spacial score (nSPS) is 28.1. The highest BCUT2D eigenvalue weighted by atomic mass is 16.2. The van der Waals surface area contributed by atoms with E-state index in [-0.39, 0.29) is 23.7 Å². The van der Waals surface area contributed by atoms with Crippen molar-refractivity contribution in [1.29, 1.82) is 0 Å². The molecule has 5 heteroatoms. The summed E-state index contributed by atoms with van der Waals surface area (Å²) in [7, 11) is 0. The summed E-state index contributed by atoms with van der Waals surface area (Å²) >= 11 is 0. The Balaban J connectivity index is 1.43. The highest BCUT2D eigenvalue weighted by Crippen LogP contribution is 2.37. The highest BCUT2D eigenvalue weighted by Gasteiger charge is 2.48. The number of carbonyl (C=O) groups is 2. The summed E-state index contributed by atoms with van der Waals surface area (Å²) in [5.74, 6) is 1.26. The predicted molar refractivity (Wildman–Crippen MR) is 77.5 cm³/mol. The van der Waals surface area contributed by atoms with Crippen LogP contribution < -0.4 is 4.90 Å². The van der Waals surface area contributed by atoms with E-state index in [1.54, 1.807) is 12.4 Å². The molecule has 3 fully saturated rings. The van der Waals surface area contributed by atoms with E-state index in [0.717, 1.165) is 12.2 Å². The van der Waals surface area contributed by atoms with Crippen molar-refractivity contribution < 1.29 is 9.59 Å². The van der Waals surface area contributed by atoms with Gasteiger partial charge >= 0.3 is 0 Å². The van der Waals surface area contributed by atoms with Gasteiger partial charge in [0.2, 0.25) is 11.8 Å². The molecule has 0 unspecified atom stereocenters. The average Bonchev–Trinajstić information content (AvgIpc) is 3.12. The van der Waals surface area contributed by atoms with Crippen LogP contribution in [0.2, 0.25) is 0 Å². The topological polar surface area (TPSA) is 53.5 Å². The number of rotatable bonds is 3. The van der Waals surface area contributed by atoms with E-state index in [2.05, 4.69) is 4.98 Å². The van der Waals surface area contributed by atoms with Crippen molar-refractivity contribution in [2.45, 2.75) is 19.3 Å². The molecular weight excluding hydrogens is 266 g/mol. The summed E-state index contributed by atoms with van der Waals surface area (Å²) in [6.45, 7) is 2.05. The monoisotopic (exact) mass is 285 g/mol. The van der Waals surface area contributed by atoms with Crippen molar-refractivity contribution >= 4 is 17.5 Å². The summed E-state index contributed by atoms with van der Waals surface area (Å²) in [6, 6.07) is 3.77. The second kappa shape index (κ2) is 4.83. The van der Waals surface area contributed by atoms with Crippen molar-refractivity contribution in [3.8, 4) is 0 Å². The number of pyridine rings is 1. The molecule has 2 atom stereocenters. The summed E-state index contributed by atoms with van der Waals surface area (Å²) < 4.78 is 0. The molecule has 1 aromatic rings.